The SMILES string of the molecule is CCC(CN)Cc1nc2cc(OC)ccc2n1C(C)C. The van der Waals surface area contributed by atoms with Crippen molar-refractivity contribution in [3.8, 4) is 5.75 Å². The minimum Gasteiger partial charge on any atom is -0.497 e. The Bertz CT molecular complexity index is 570. The quantitative estimate of drug-likeness (QED) is 0.881. The van der Waals surface area contributed by atoms with Gasteiger partial charge in [0.1, 0.15) is 11.6 Å². The Morgan fingerprint density at radius 3 is 2.65 bits per heavy atom. The second-order valence-corrected chi connectivity index (χ2v) is 5.56. The van der Waals surface area contributed by atoms with Crippen LogP contribution in [0.1, 0.15) is 39.1 Å². The summed E-state index contributed by atoms with van der Waals surface area (Å²) in [7, 11) is 1.68. The molecule has 0 saturated heterocycles. The van der Waals surface area contributed by atoms with Gasteiger partial charge in [-0.25, -0.2) is 4.98 Å². The molecule has 1 aromatic carbocycles. The third-order valence-electron chi connectivity index (χ3n) is 3.87. The molecule has 2 rings (SSSR count). The molecule has 1 atom stereocenters. The highest BCUT2D eigenvalue weighted by Crippen LogP contribution is 2.26. The van der Waals surface area contributed by atoms with Crippen LogP contribution in [0, 0.1) is 5.92 Å². The number of fused-ring (bicyclic) bond motifs is 1. The van der Waals surface area contributed by atoms with Crippen molar-refractivity contribution in [2.45, 2.75) is 39.7 Å². The largest absolute Gasteiger partial charge is 0.497 e. The van der Waals surface area contributed by atoms with Gasteiger partial charge in [-0.05, 0) is 38.4 Å². The fourth-order valence-electron chi connectivity index (χ4n) is 2.63. The molecule has 1 unspecified atom stereocenters. The lowest BCUT2D eigenvalue weighted by atomic mass is 10.0. The first kappa shape index (κ1) is 14.9. The minimum absolute atomic E-state index is 0.388. The normalized spacial score (nSPS) is 13.1. The lowest BCUT2D eigenvalue weighted by molar-refractivity contribution is 0.415. The van der Waals surface area contributed by atoms with E-state index in [0.717, 1.165) is 29.9 Å². The molecule has 0 fully saturated rings. The molecule has 110 valence electrons. The molecule has 0 saturated carbocycles. The van der Waals surface area contributed by atoms with Crippen LogP contribution < -0.4 is 10.5 Å². The van der Waals surface area contributed by atoms with E-state index < -0.39 is 0 Å². The van der Waals surface area contributed by atoms with E-state index >= 15 is 0 Å². The van der Waals surface area contributed by atoms with Crippen LogP contribution in [0.15, 0.2) is 18.2 Å². The zero-order valence-electron chi connectivity index (χ0n) is 12.9. The fourth-order valence-corrected chi connectivity index (χ4v) is 2.63. The van der Waals surface area contributed by atoms with Crippen molar-refractivity contribution >= 4 is 11.0 Å². The van der Waals surface area contributed by atoms with Crippen LogP contribution >= 0.6 is 0 Å². The van der Waals surface area contributed by atoms with E-state index in [2.05, 4.69) is 31.4 Å². The third-order valence-corrected chi connectivity index (χ3v) is 3.87. The van der Waals surface area contributed by atoms with Gasteiger partial charge in [0.15, 0.2) is 0 Å². The van der Waals surface area contributed by atoms with Crippen LogP contribution in [0.4, 0.5) is 0 Å². The number of nitrogens with zero attached hydrogens (tertiary/aromatic N) is 2. The molecule has 2 aromatic rings. The van der Waals surface area contributed by atoms with Crippen molar-refractivity contribution in [2.75, 3.05) is 13.7 Å². The van der Waals surface area contributed by atoms with Gasteiger partial charge in [0.2, 0.25) is 0 Å². The van der Waals surface area contributed by atoms with Crippen LogP contribution in [0.2, 0.25) is 0 Å². The highest BCUT2D eigenvalue weighted by Gasteiger charge is 2.16. The zero-order valence-corrected chi connectivity index (χ0v) is 12.9. The van der Waals surface area contributed by atoms with E-state index in [1.807, 2.05) is 12.1 Å². The standard InChI is InChI=1S/C16H25N3O/c1-5-12(10-17)8-16-18-14-9-13(20-4)6-7-15(14)19(16)11(2)3/h6-7,9,11-12H,5,8,10,17H2,1-4H3. The molecule has 1 aromatic heterocycles. The highest BCUT2D eigenvalue weighted by molar-refractivity contribution is 5.78. The van der Waals surface area contributed by atoms with Gasteiger partial charge in [-0.2, -0.15) is 0 Å². The van der Waals surface area contributed by atoms with Crippen molar-refractivity contribution < 1.29 is 4.74 Å². The van der Waals surface area contributed by atoms with Gasteiger partial charge >= 0.3 is 0 Å². The van der Waals surface area contributed by atoms with E-state index in [-0.39, 0.29) is 0 Å². The van der Waals surface area contributed by atoms with Crippen LogP contribution in [0.5, 0.6) is 5.75 Å². The van der Waals surface area contributed by atoms with E-state index in [1.165, 1.54) is 5.52 Å². The second kappa shape index (κ2) is 6.27. The molecule has 1 heterocycles. The molecule has 0 aliphatic carbocycles. The fraction of sp³-hybridized carbons (Fsp3) is 0.562. The lowest BCUT2D eigenvalue weighted by Crippen LogP contribution is -2.19. The Balaban J connectivity index is 2.49. The van der Waals surface area contributed by atoms with E-state index in [9.17, 15) is 0 Å². The summed E-state index contributed by atoms with van der Waals surface area (Å²) in [5, 5.41) is 0. The van der Waals surface area contributed by atoms with Gasteiger partial charge in [-0.15, -0.1) is 0 Å². The topological polar surface area (TPSA) is 53.1 Å². The van der Waals surface area contributed by atoms with Crippen LogP contribution in [-0.4, -0.2) is 23.2 Å². The number of nitrogens with two attached hydrogens (primary N) is 1. The van der Waals surface area contributed by atoms with Gasteiger partial charge in [0.05, 0.1) is 18.1 Å². The summed E-state index contributed by atoms with van der Waals surface area (Å²) in [5.41, 5.74) is 8.01. The van der Waals surface area contributed by atoms with Crippen molar-refractivity contribution in [2.24, 2.45) is 11.7 Å². The lowest BCUT2D eigenvalue weighted by Gasteiger charge is -2.16. The van der Waals surface area contributed by atoms with Gasteiger partial charge in [-0.3, -0.25) is 0 Å². The molecule has 0 spiro atoms. The maximum atomic E-state index is 5.84. The van der Waals surface area contributed by atoms with Crippen molar-refractivity contribution in [3.05, 3.63) is 24.0 Å². The maximum Gasteiger partial charge on any atom is 0.121 e. The Morgan fingerprint density at radius 1 is 1.35 bits per heavy atom. The molecular weight excluding hydrogens is 250 g/mol. The Labute approximate surface area is 120 Å². The van der Waals surface area contributed by atoms with Gasteiger partial charge in [-0.1, -0.05) is 13.3 Å². The van der Waals surface area contributed by atoms with Crippen molar-refractivity contribution in [3.63, 3.8) is 0 Å². The number of rotatable bonds is 6. The molecule has 4 nitrogen and oxygen atoms in total. The smallest absolute Gasteiger partial charge is 0.121 e. The molecule has 4 heteroatoms. The summed E-state index contributed by atoms with van der Waals surface area (Å²) in [6.45, 7) is 7.28. The Hall–Kier alpha value is -1.55. The average molecular weight is 275 g/mol. The maximum absolute atomic E-state index is 5.84. The summed E-state index contributed by atoms with van der Waals surface area (Å²) in [5.74, 6) is 2.47. The predicted molar refractivity (Wildman–Crippen MR) is 83.2 cm³/mol. The molecule has 20 heavy (non-hydrogen) atoms. The predicted octanol–water partition coefficient (Wildman–Crippen LogP) is 3.15. The van der Waals surface area contributed by atoms with Gasteiger partial charge in [0.25, 0.3) is 0 Å². The van der Waals surface area contributed by atoms with E-state index in [4.69, 9.17) is 15.5 Å². The monoisotopic (exact) mass is 275 g/mol. The minimum atomic E-state index is 0.388. The summed E-state index contributed by atoms with van der Waals surface area (Å²) in [6, 6.07) is 6.47. The molecule has 0 radical (unpaired) electrons. The van der Waals surface area contributed by atoms with Crippen molar-refractivity contribution in [1.29, 1.82) is 0 Å². The summed E-state index contributed by atoms with van der Waals surface area (Å²) in [4.78, 5) is 4.81. The zero-order chi connectivity index (χ0) is 14.7. The molecule has 0 bridgehead atoms. The highest BCUT2D eigenvalue weighted by atomic mass is 16.5. The van der Waals surface area contributed by atoms with Crippen LogP contribution in [0.3, 0.4) is 0 Å². The Morgan fingerprint density at radius 2 is 2.10 bits per heavy atom. The van der Waals surface area contributed by atoms with Gasteiger partial charge in [0, 0.05) is 18.5 Å². The molecule has 0 aliphatic rings. The molecule has 2 N–H and O–H groups in total. The summed E-state index contributed by atoms with van der Waals surface area (Å²) < 4.78 is 7.60. The van der Waals surface area contributed by atoms with Gasteiger partial charge < -0.3 is 15.0 Å². The second-order valence-electron chi connectivity index (χ2n) is 5.56. The average Bonchev–Trinajstić information content (AvgIpc) is 2.81. The summed E-state index contributed by atoms with van der Waals surface area (Å²) >= 11 is 0. The van der Waals surface area contributed by atoms with Crippen molar-refractivity contribution in [1.82, 2.24) is 9.55 Å². The number of hydrogen-bond acceptors (Lipinski definition) is 3. The number of ether oxygens (including phenoxy) is 1. The van der Waals surface area contributed by atoms with E-state index in [0.29, 0.717) is 18.5 Å². The number of imidazole rings is 1. The molecule has 0 aliphatic heterocycles. The molecule has 0 amide bonds. The van der Waals surface area contributed by atoms with E-state index in [1.54, 1.807) is 7.11 Å². The first-order chi connectivity index (χ1) is 9.60. The molecular formula is C16H25N3O. The third kappa shape index (κ3) is 2.80. The van der Waals surface area contributed by atoms with Crippen LogP contribution in [0.25, 0.3) is 11.0 Å². The first-order valence-electron chi connectivity index (χ1n) is 7.35. The number of aromatic nitrogens is 2. The summed E-state index contributed by atoms with van der Waals surface area (Å²) in [6.07, 6.45) is 2.02. The Kier molecular flexibility index (Phi) is 4.65. The first-order valence-corrected chi connectivity index (χ1v) is 7.35. The number of methoxy groups -OCH3 is 1. The number of hydrogen-bond donors (Lipinski definition) is 1. The van der Waals surface area contributed by atoms with Crippen LogP contribution in [-0.2, 0) is 6.42 Å². The number of benzene rings is 1.